The van der Waals surface area contributed by atoms with Gasteiger partial charge in [0.1, 0.15) is 5.41 Å². The van der Waals surface area contributed by atoms with E-state index in [9.17, 15) is 5.26 Å². The van der Waals surface area contributed by atoms with E-state index in [1.807, 2.05) is 54.6 Å². The predicted octanol–water partition coefficient (Wildman–Crippen LogP) is 4.12. The van der Waals surface area contributed by atoms with Crippen LogP contribution in [0.2, 0.25) is 5.02 Å². The number of imidazole rings is 1. The number of rotatable bonds is 4. The van der Waals surface area contributed by atoms with Crippen LogP contribution in [0.4, 0.5) is 0 Å². The second-order valence-electron chi connectivity index (χ2n) is 5.14. The minimum Gasteiger partial charge on any atom is -0.348 e. The summed E-state index contributed by atoms with van der Waals surface area (Å²) in [6.45, 7) is 0. The van der Waals surface area contributed by atoms with Crippen LogP contribution in [0.1, 0.15) is 16.8 Å². The van der Waals surface area contributed by atoms with Gasteiger partial charge in [-0.3, -0.25) is 0 Å². The molecule has 0 aliphatic rings. The van der Waals surface area contributed by atoms with Crippen molar-refractivity contribution in [3.63, 3.8) is 0 Å². The smallest absolute Gasteiger partial charge is 0.113 e. The van der Waals surface area contributed by atoms with Gasteiger partial charge in [0.15, 0.2) is 0 Å². The third-order valence-electron chi connectivity index (χ3n) is 3.80. The van der Waals surface area contributed by atoms with Crippen molar-refractivity contribution in [1.29, 1.82) is 5.26 Å². The van der Waals surface area contributed by atoms with Gasteiger partial charge in [0.05, 0.1) is 12.4 Å². The molecule has 1 aromatic heterocycles. The van der Waals surface area contributed by atoms with Crippen LogP contribution in [0.25, 0.3) is 0 Å². The molecule has 3 nitrogen and oxygen atoms in total. The monoisotopic (exact) mass is 307 g/mol. The first-order valence-corrected chi connectivity index (χ1v) is 7.32. The number of hydrogen-bond donors (Lipinski definition) is 1. The molecule has 0 radical (unpaired) electrons. The number of nitrogens with one attached hydrogen (secondary N) is 1. The Bertz CT molecular complexity index is 773. The predicted molar refractivity (Wildman–Crippen MR) is 86.6 cm³/mol. The van der Waals surface area contributed by atoms with Crippen molar-refractivity contribution < 1.29 is 0 Å². The average molecular weight is 308 g/mol. The third-order valence-corrected chi connectivity index (χ3v) is 4.06. The quantitative estimate of drug-likeness (QED) is 0.788. The number of hydrogen-bond acceptors (Lipinski definition) is 2. The lowest BCUT2D eigenvalue weighted by atomic mass is 9.72. The van der Waals surface area contributed by atoms with Gasteiger partial charge in [0, 0.05) is 23.3 Å². The van der Waals surface area contributed by atoms with E-state index in [-0.39, 0.29) is 0 Å². The largest absolute Gasteiger partial charge is 0.348 e. The van der Waals surface area contributed by atoms with Gasteiger partial charge < -0.3 is 4.98 Å². The van der Waals surface area contributed by atoms with E-state index in [1.54, 1.807) is 12.5 Å². The van der Waals surface area contributed by atoms with Crippen LogP contribution in [0.5, 0.6) is 0 Å². The van der Waals surface area contributed by atoms with Crippen molar-refractivity contribution >= 4 is 11.6 Å². The second-order valence-corrected chi connectivity index (χ2v) is 5.58. The van der Waals surface area contributed by atoms with E-state index in [0.29, 0.717) is 11.4 Å². The van der Waals surface area contributed by atoms with Gasteiger partial charge in [0.25, 0.3) is 0 Å². The number of H-pyrrole nitrogens is 1. The molecule has 0 aliphatic heterocycles. The highest BCUT2D eigenvalue weighted by molar-refractivity contribution is 6.30. The molecule has 0 fully saturated rings. The van der Waals surface area contributed by atoms with Crippen molar-refractivity contribution in [3.05, 3.63) is 89.0 Å². The molecular weight excluding hydrogens is 294 g/mol. The van der Waals surface area contributed by atoms with Gasteiger partial charge >= 0.3 is 0 Å². The number of nitrogens with zero attached hydrogens (tertiary/aromatic N) is 2. The Labute approximate surface area is 134 Å². The summed E-state index contributed by atoms with van der Waals surface area (Å²) in [5.74, 6) is 0. The summed E-state index contributed by atoms with van der Waals surface area (Å²) in [4.78, 5) is 7.15. The maximum atomic E-state index is 10.0. The Morgan fingerprint density at radius 2 is 1.73 bits per heavy atom. The molecule has 1 unspecified atom stereocenters. The summed E-state index contributed by atoms with van der Waals surface area (Å²) < 4.78 is 0. The fourth-order valence-electron chi connectivity index (χ4n) is 2.66. The van der Waals surface area contributed by atoms with Crippen molar-refractivity contribution in [3.8, 4) is 6.07 Å². The lowest BCUT2D eigenvalue weighted by molar-refractivity contribution is 0.643. The average Bonchev–Trinajstić information content (AvgIpc) is 3.07. The zero-order chi connectivity index (χ0) is 15.4. The fourth-order valence-corrected chi connectivity index (χ4v) is 2.79. The third kappa shape index (κ3) is 2.61. The van der Waals surface area contributed by atoms with Gasteiger partial charge in [-0.15, -0.1) is 0 Å². The summed E-state index contributed by atoms with van der Waals surface area (Å²) in [5, 5.41) is 10.7. The Morgan fingerprint density at radius 3 is 2.32 bits per heavy atom. The van der Waals surface area contributed by atoms with Crippen LogP contribution in [0, 0.1) is 11.3 Å². The van der Waals surface area contributed by atoms with Gasteiger partial charge in [-0.05, 0) is 23.3 Å². The highest BCUT2D eigenvalue weighted by Crippen LogP contribution is 2.35. The molecule has 0 bridgehead atoms. The van der Waals surface area contributed by atoms with Gasteiger partial charge in [-0.2, -0.15) is 5.26 Å². The van der Waals surface area contributed by atoms with Crippen LogP contribution in [0.15, 0.2) is 67.1 Å². The highest BCUT2D eigenvalue weighted by Gasteiger charge is 2.35. The number of aromatic amines is 1. The van der Waals surface area contributed by atoms with Crippen LogP contribution >= 0.6 is 11.6 Å². The number of aromatic nitrogens is 2. The van der Waals surface area contributed by atoms with Crippen LogP contribution < -0.4 is 0 Å². The Hall–Kier alpha value is -2.57. The van der Waals surface area contributed by atoms with Gasteiger partial charge in [0.2, 0.25) is 0 Å². The maximum Gasteiger partial charge on any atom is 0.113 e. The summed E-state index contributed by atoms with van der Waals surface area (Å²) in [7, 11) is 0. The molecule has 0 spiro atoms. The molecule has 3 aromatic rings. The summed E-state index contributed by atoms with van der Waals surface area (Å²) in [6.07, 6.45) is 3.91. The first-order chi connectivity index (χ1) is 10.7. The Morgan fingerprint density at radius 1 is 1.05 bits per heavy atom. The fraction of sp³-hybridized carbons (Fsp3) is 0.111. The first-order valence-electron chi connectivity index (χ1n) is 6.95. The van der Waals surface area contributed by atoms with Crippen molar-refractivity contribution in [1.82, 2.24) is 9.97 Å². The van der Waals surface area contributed by atoms with E-state index >= 15 is 0 Å². The normalized spacial score (nSPS) is 13.3. The van der Waals surface area contributed by atoms with Crippen molar-refractivity contribution in [2.24, 2.45) is 0 Å². The van der Waals surface area contributed by atoms with Crippen molar-refractivity contribution in [2.75, 3.05) is 0 Å². The first kappa shape index (κ1) is 14.4. The SMILES string of the molecule is N#CC(Cc1cnc[nH]1)(c1ccccc1)c1ccc(Cl)cc1. The summed E-state index contributed by atoms with van der Waals surface area (Å²) >= 11 is 5.99. The molecule has 1 N–H and O–H groups in total. The molecule has 3 rings (SSSR count). The highest BCUT2D eigenvalue weighted by atomic mass is 35.5. The molecule has 1 atom stereocenters. The molecule has 22 heavy (non-hydrogen) atoms. The van der Waals surface area contributed by atoms with E-state index in [4.69, 9.17) is 11.6 Å². The van der Waals surface area contributed by atoms with Crippen LogP contribution in [-0.4, -0.2) is 9.97 Å². The molecule has 1 heterocycles. The van der Waals surface area contributed by atoms with Crippen LogP contribution in [0.3, 0.4) is 0 Å². The lowest BCUT2D eigenvalue weighted by Gasteiger charge is -2.27. The molecule has 0 saturated heterocycles. The molecule has 2 aromatic carbocycles. The zero-order valence-corrected chi connectivity index (χ0v) is 12.6. The van der Waals surface area contributed by atoms with Crippen LogP contribution in [-0.2, 0) is 11.8 Å². The minimum absolute atomic E-state index is 0.523. The van der Waals surface area contributed by atoms with Gasteiger partial charge in [-0.1, -0.05) is 54.1 Å². The van der Waals surface area contributed by atoms with Crippen molar-refractivity contribution in [2.45, 2.75) is 11.8 Å². The molecule has 4 heteroatoms. The number of nitriles is 1. The zero-order valence-electron chi connectivity index (χ0n) is 11.8. The van der Waals surface area contributed by atoms with Gasteiger partial charge in [-0.25, -0.2) is 4.98 Å². The topological polar surface area (TPSA) is 52.5 Å². The summed E-state index contributed by atoms with van der Waals surface area (Å²) in [5.41, 5.74) is 2.01. The Kier molecular flexibility index (Phi) is 3.95. The molecule has 0 saturated carbocycles. The summed E-state index contributed by atoms with van der Waals surface area (Å²) in [6, 6.07) is 19.8. The standard InChI is InChI=1S/C18H14ClN3/c19-16-8-6-15(7-9-16)18(12-20,10-17-11-21-13-22-17)14-4-2-1-3-5-14/h1-9,11,13H,10H2,(H,21,22). The van der Waals surface area contributed by atoms with E-state index < -0.39 is 5.41 Å². The second kappa shape index (κ2) is 6.05. The minimum atomic E-state index is -0.779. The molecule has 0 aliphatic carbocycles. The lowest BCUT2D eigenvalue weighted by Crippen LogP contribution is -2.29. The Balaban J connectivity index is 2.16. The van der Waals surface area contributed by atoms with E-state index in [0.717, 1.165) is 16.8 Å². The molecular formula is C18H14ClN3. The van der Waals surface area contributed by atoms with E-state index in [1.165, 1.54) is 0 Å². The number of benzene rings is 2. The molecule has 108 valence electrons. The maximum absolute atomic E-state index is 10.0. The van der Waals surface area contributed by atoms with E-state index in [2.05, 4.69) is 16.0 Å². The number of halogens is 1. The molecule has 0 amide bonds.